The van der Waals surface area contributed by atoms with Crippen molar-refractivity contribution in [2.45, 2.75) is 44.4 Å². The maximum atomic E-state index is 13.4. The zero-order chi connectivity index (χ0) is 21.3. The highest BCUT2D eigenvalue weighted by Crippen LogP contribution is 2.34. The van der Waals surface area contributed by atoms with Gasteiger partial charge >= 0.3 is 0 Å². The fourth-order valence-electron chi connectivity index (χ4n) is 3.84. The lowest BCUT2D eigenvalue weighted by Crippen LogP contribution is -2.30. The van der Waals surface area contributed by atoms with E-state index in [1.807, 2.05) is 24.3 Å². The normalized spacial score (nSPS) is 14.8. The Hall–Kier alpha value is -2.62. The summed E-state index contributed by atoms with van der Waals surface area (Å²) in [4.78, 5) is 0.197. The Kier molecular flexibility index (Phi) is 5.68. The average molecular weight is 432 g/mol. The smallest absolute Gasteiger partial charge is 0.268 e. The summed E-state index contributed by atoms with van der Waals surface area (Å²) in [6.07, 6.45) is 1.42. The third kappa shape index (κ3) is 3.88. The van der Waals surface area contributed by atoms with Gasteiger partial charge in [-0.2, -0.15) is 5.10 Å². The number of hydrogen-bond acceptors (Lipinski definition) is 6. The van der Waals surface area contributed by atoms with Gasteiger partial charge in [0.05, 0.1) is 42.6 Å². The van der Waals surface area contributed by atoms with Crippen LogP contribution in [-0.2, 0) is 34.3 Å². The molecule has 3 aromatic rings. The Bertz CT molecular complexity index is 1120. The molecule has 2 aromatic heterocycles. The predicted octanol–water partition coefficient (Wildman–Crippen LogP) is 2.42. The number of anilines is 1. The van der Waals surface area contributed by atoms with Crippen LogP contribution in [0.25, 0.3) is 0 Å². The molecule has 1 aromatic carbocycles. The fourth-order valence-corrected chi connectivity index (χ4v) is 5.72. The summed E-state index contributed by atoms with van der Waals surface area (Å²) in [5.41, 5.74) is 2.66. The summed E-state index contributed by atoms with van der Waals surface area (Å²) in [5.74, 6) is 0.674. The van der Waals surface area contributed by atoms with Gasteiger partial charge in [-0.05, 0) is 44.0 Å². The Balaban J connectivity index is 1.49. The molecule has 1 unspecified atom stereocenters. The zero-order valence-corrected chi connectivity index (χ0v) is 17.8. The van der Waals surface area contributed by atoms with Crippen LogP contribution in [0.2, 0.25) is 0 Å². The van der Waals surface area contributed by atoms with Gasteiger partial charge in [0.25, 0.3) is 10.0 Å². The molecule has 0 amide bonds. The van der Waals surface area contributed by atoms with Gasteiger partial charge in [0.15, 0.2) is 0 Å². The monoisotopic (exact) mass is 431 g/mol. The number of benzene rings is 1. The molecule has 3 heterocycles. The molecular weight excluding hydrogens is 406 g/mol. The number of furan rings is 1. The van der Waals surface area contributed by atoms with Crippen LogP contribution in [0.15, 0.2) is 52.0 Å². The maximum Gasteiger partial charge on any atom is 0.268 e. The van der Waals surface area contributed by atoms with Crippen LogP contribution >= 0.6 is 0 Å². The molecule has 0 fully saturated rings. The summed E-state index contributed by atoms with van der Waals surface area (Å²) in [7, 11) is -3.75. The molecule has 1 N–H and O–H groups in total. The third-order valence-electron chi connectivity index (χ3n) is 5.23. The largest absolute Gasteiger partial charge is 0.467 e. The Labute approximate surface area is 175 Å². The van der Waals surface area contributed by atoms with Crippen molar-refractivity contribution >= 4 is 15.7 Å². The van der Waals surface area contributed by atoms with Gasteiger partial charge in [-0.25, -0.2) is 8.42 Å². The lowest BCUT2D eigenvalue weighted by Gasteiger charge is -2.20. The molecule has 0 aliphatic carbocycles. The van der Waals surface area contributed by atoms with E-state index in [4.69, 9.17) is 9.15 Å². The van der Waals surface area contributed by atoms with E-state index in [9.17, 15) is 13.5 Å². The predicted molar refractivity (Wildman–Crippen MR) is 111 cm³/mol. The molecule has 0 bridgehead atoms. The van der Waals surface area contributed by atoms with Crippen molar-refractivity contribution in [3.63, 3.8) is 0 Å². The van der Waals surface area contributed by atoms with E-state index in [-0.39, 0.29) is 24.7 Å². The molecule has 1 atom stereocenters. The number of aryl methyl sites for hydroxylation is 1. The molecule has 4 rings (SSSR count). The van der Waals surface area contributed by atoms with Crippen molar-refractivity contribution in [3.8, 4) is 0 Å². The third-order valence-corrected chi connectivity index (χ3v) is 7.29. The molecule has 1 aliphatic heterocycles. The van der Waals surface area contributed by atoms with E-state index >= 15 is 0 Å². The van der Waals surface area contributed by atoms with Crippen LogP contribution in [-0.4, -0.2) is 42.6 Å². The number of rotatable bonds is 8. The minimum absolute atomic E-state index is 0.0840. The molecule has 0 radical (unpaired) electrons. The number of aliphatic hydroxyl groups excluding tert-OH is 1. The Morgan fingerprint density at radius 2 is 2.03 bits per heavy atom. The van der Waals surface area contributed by atoms with Crippen molar-refractivity contribution in [1.29, 1.82) is 0 Å². The van der Waals surface area contributed by atoms with E-state index in [0.29, 0.717) is 30.1 Å². The lowest BCUT2D eigenvalue weighted by atomic mass is 10.2. The highest BCUT2D eigenvalue weighted by atomic mass is 32.2. The second-order valence-corrected chi connectivity index (χ2v) is 9.19. The molecule has 0 saturated carbocycles. The minimum Gasteiger partial charge on any atom is -0.467 e. The number of fused-ring (bicyclic) bond motifs is 1. The number of hydrogen-bond donors (Lipinski definition) is 1. The molecule has 1 aliphatic rings. The quantitative estimate of drug-likeness (QED) is 0.588. The van der Waals surface area contributed by atoms with E-state index in [1.54, 1.807) is 32.2 Å². The first-order valence-electron chi connectivity index (χ1n) is 9.80. The van der Waals surface area contributed by atoms with Gasteiger partial charge < -0.3 is 14.3 Å². The van der Waals surface area contributed by atoms with Gasteiger partial charge in [0.2, 0.25) is 0 Å². The van der Waals surface area contributed by atoms with Gasteiger partial charge in [0, 0.05) is 6.54 Å². The summed E-state index contributed by atoms with van der Waals surface area (Å²) in [6.45, 7) is 4.28. The van der Waals surface area contributed by atoms with Crippen molar-refractivity contribution in [1.82, 2.24) is 9.78 Å². The van der Waals surface area contributed by atoms with E-state index < -0.39 is 16.1 Å². The first-order chi connectivity index (χ1) is 14.4. The summed E-state index contributed by atoms with van der Waals surface area (Å²) in [6, 6.07) is 11.1. The van der Waals surface area contributed by atoms with Gasteiger partial charge in [-0.15, -0.1) is 0 Å². The Morgan fingerprint density at radius 3 is 2.80 bits per heavy atom. The molecule has 30 heavy (non-hydrogen) atoms. The zero-order valence-electron chi connectivity index (χ0n) is 17.0. The maximum absolute atomic E-state index is 13.4. The fraction of sp³-hybridized carbons (Fsp3) is 0.381. The molecular formula is C21H25N3O5S. The highest BCUT2D eigenvalue weighted by Gasteiger charge is 2.35. The highest BCUT2D eigenvalue weighted by molar-refractivity contribution is 7.93. The second kappa shape index (κ2) is 8.25. The van der Waals surface area contributed by atoms with Crippen molar-refractivity contribution < 1.29 is 22.7 Å². The number of nitrogens with zero attached hydrogens (tertiary/aromatic N) is 3. The molecule has 0 saturated heterocycles. The van der Waals surface area contributed by atoms with Crippen LogP contribution in [0.3, 0.4) is 0 Å². The number of ether oxygens (including phenoxy) is 1. The molecule has 0 spiro atoms. The summed E-state index contributed by atoms with van der Waals surface area (Å²) >= 11 is 0. The van der Waals surface area contributed by atoms with Crippen LogP contribution in [0.1, 0.15) is 22.7 Å². The summed E-state index contributed by atoms with van der Waals surface area (Å²) < 4.78 is 40.5. The number of sulfonamides is 1. The molecule has 160 valence electrons. The van der Waals surface area contributed by atoms with Crippen LogP contribution < -0.4 is 4.31 Å². The topological polar surface area (TPSA) is 97.8 Å². The van der Waals surface area contributed by atoms with Gasteiger partial charge in [0.1, 0.15) is 17.3 Å². The Morgan fingerprint density at radius 1 is 1.23 bits per heavy atom. The van der Waals surface area contributed by atoms with E-state index in [1.165, 1.54) is 8.99 Å². The number of aliphatic hydroxyl groups is 1. The minimum atomic E-state index is -3.75. The molecule has 8 nitrogen and oxygen atoms in total. The lowest BCUT2D eigenvalue weighted by molar-refractivity contribution is 0.0128. The molecule has 9 heteroatoms. The SMILES string of the molecule is Cc1nn(CC(O)COCc2ccco2)c(C)c1S(=O)(=O)N1CCc2ccccc21. The van der Waals surface area contributed by atoms with Gasteiger partial charge in [-0.1, -0.05) is 18.2 Å². The average Bonchev–Trinajstić information content (AvgIpc) is 3.42. The van der Waals surface area contributed by atoms with E-state index in [2.05, 4.69) is 5.10 Å². The first kappa shape index (κ1) is 20.6. The number of aromatic nitrogens is 2. The van der Waals surface area contributed by atoms with Crippen LogP contribution in [0.5, 0.6) is 0 Å². The van der Waals surface area contributed by atoms with Crippen molar-refractivity contribution in [2.75, 3.05) is 17.5 Å². The first-order valence-corrected chi connectivity index (χ1v) is 11.2. The second-order valence-electron chi connectivity index (χ2n) is 7.39. The van der Waals surface area contributed by atoms with E-state index in [0.717, 1.165) is 11.3 Å². The standard InChI is InChI=1S/C21H25N3O5S/c1-15-21(30(26,27)24-10-9-17-6-3-4-8-20(17)24)16(2)23(22-15)12-18(25)13-28-14-19-7-5-11-29-19/h3-8,11,18,25H,9-10,12-14H2,1-2H3. The van der Waals surface area contributed by atoms with Crippen LogP contribution in [0, 0.1) is 13.8 Å². The van der Waals surface area contributed by atoms with Crippen molar-refractivity contribution in [2.24, 2.45) is 0 Å². The van der Waals surface area contributed by atoms with Crippen molar-refractivity contribution in [3.05, 3.63) is 65.4 Å². The number of para-hydroxylation sites is 1. The van der Waals surface area contributed by atoms with Gasteiger partial charge in [-0.3, -0.25) is 8.99 Å². The summed E-state index contributed by atoms with van der Waals surface area (Å²) in [5, 5.41) is 14.7. The van der Waals surface area contributed by atoms with Crippen LogP contribution in [0.4, 0.5) is 5.69 Å².